The van der Waals surface area contributed by atoms with Crippen LogP contribution in [0.25, 0.3) is 11.3 Å². The number of nitrogens with zero attached hydrogens (tertiary/aromatic N) is 3. The van der Waals surface area contributed by atoms with Crippen LogP contribution in [0.5, 0.6) is 0 Å². The molecule has 1 aliphatic heterocycles. The van der Waals surface area contributed by atoms with Crippen molar-refractivity contribution in [2.45, 2.75) is 45.6 Å². The van der Waals surface area contributed by atoms with Gasteiger partial charge in [0.15, 0.2) is 5.76 Å². The Morgan fingerprint density at radius 1 is 1.27 bits per heavy atom. The van der Waals surface area contributed by atoms with Crippen molar-refractivity contribution < 1.29 is 9.26 Å². The Balaban J connectivity index is 1.86. The lowest BCUT2D eigenvalue weighted by molar-refractivity contribution is 0.0903. The van der Waals surface area contributed by atoms with E-state index in [2.05, 4.69) is 29.3 Å². The Morgan fingerprint density at radius 3 is 2.68 bits per heavy atom. The second-order valence-electron chi connectivity index (χ2n) is 6.01. The number of hydrogen-bond acceptors (Lipinski definition) is 6. The van der Waals surface area contributed by atoms with Gasteiger partial charge < -0.3 is 14.6 Å². The zero-order chi connectivity index (χ0) is 15.5. The summed E-state index contributed by atoms with van der Waals surface area (Å²) in [6.07, 6.45) is 3.80. The molecule has 1 aliphatic rings. The van der Waals surface area contributed by atoms with E-state index in [1.807, 2.05) is 19.2 Å². The minimum Gasteiger partial charge on any atom is -0.381 e. The normalized spacial score (nSPS) is 16.2. The van der Waals surface area contributed by atoms with Gasteiger partial charge >= 0.3 is 0 Å². The van der Waals surface area contributed by atoms with Crippen LogP contribution in [0.3, 0.4) is 0 Å². The first-order valence-electron chi connectivity index (χ1n) is 7.78. The fourth-order valence-corrected chi connectivity index (χ4v) is 2.61. The number of hydrogen-bond donors (Lipinski definition) is 1. The molecule has 118 valence electrons. The van der Waals surface area contributed by atoms with Crippen LogP contribution < -0.4 is 5.32 Å². The van der Waals surface area contributed by atoms with E-state index >= 15 is 0 Å². The molecule has 2 aromatic heterocycles. The summed E-state index contributed by atoms with van der Waals surface area (Å²) in [5, 5.41) is 7.36. The average molecular weight is 302 g/mol. The topological polar surface area (TPSA) is 73.1 Å². The fraction of sp³-hybridized carbons (Fsp3) is 0.562. The van der Waals surface area contributed by atoms with Crippen molar-refractivity contribution in [1.82, 2.24) is 15.1 Å². The zero-order valence-electron chi connectivity index (χ0n) is 13.3. The zero-order valence-corrected chi connectivity index (χ0v) is 13.3. The van der Waals surface area contributed by atoms with Gasteiger partial charge in [-0.2, -0.15) is 0 Å². The summed E-state index contributed by atoms with van der Waals surface area (Å²) in [5.74, 6) is 1.67. The third kappa shape index (κ3) is 3.27. The third-order valence-electron chi connectivity index (χ3n) is 3.81. The van der Waals surface area contributed by atoms with Gasteiger partial charge in [-0.15, -0.1) is 0 Å². The van der Waals surface area contributed by atoms with Crippen LogP contribution in [-0.4, -0.2) is 34.4 Å². The van der Waals surface area contributed by atoms with Crippen molar-refractivity contribution >= 4 is 5.95 Å². The first kappa shape index (κ1) is 15.0. The third-order valence-corrected chi connectivity index (χ3v) is 3.81. The van der Waals surface area contributed by atoms with Gasteiger partial charge in [0.05, 0.1) is 17.0 Å². The molecule has 6 nitrogen and oxygen atoms in total. The number of aromatic nitrogens is 3. The monoisotopic (exact) mass is 302 g/mol. The first-order chi connectivity index (χ1) is 10.6. The molecule has 0 saturated carbocycles. The van der Waals surface area contributed by atoms with Gasteiger partial charge in [0.1, 0.15) is 0 Å². The molecule has 1 N–H and O–H groups in total. The average Bonchev–Trinajstić information content (AvgIpc) is 2.94. The highest BCUT2D eigenvalue weighted by Gasteiger charge is 2.18. The van der Waals surface area contributed by atoms with Gasteiger partial charge in [-0.1, -0.05) is 19.0 Å². The predicted octanol–water partition coefficient (Wildman–Crippen LogP) is 3.15. The van der Waals surface area contributed by atoms with Crippen molar-refractivity contribution in [3.63, 3.8) is 0 Å². The first-order valence-corrected chi connectivity index (χ1v) is 7.78. The van der Waals surface area contributed by atoms with Crippen LogP contribution in [0.2, 0.25) is 0 Å². The Bertz CT molecular complexity index is 633. The number of nitrogens with one attached hydrogen (secondary N) is 1. The molecule has 6 heteroatoms. The predicted molar refractivity (Wildman–Crippen MR) is 83.8 cm³/mol. The maximum atomic E-state index is 5.38. The smallest absolute Gasteiger partial charge is 0.223 e. The fourth-order valence-electron chi connectivity index (χ4n) is 2.61. The molecule has 0 unspecified atom stereocenters. The highest BCUT2D eigenvalue weighted by atomic mass is 16.5. The van der Waals surface area contributed by atoms with Crippen LogP contribution in [0.4, 0.5) is 5.95 Å². The van der Waals surface area contributed by atoms with E-state index in [1.165, 1.54) is 0 Å². The molecule has 0 aromatic carbocycles. The second kappa shape index (κ2) is 6.44. The van der Waals surface area contributed by atoms with Crippen LogP contribution in [0.1, 0.15) is 44.0 Å². The van der Waals surface area contributed by atoms with E-state index in [0.717, 1.165) is 48.8 Å². The maximum Gasteiger partial charge on any atom is 0.223 e. The largest absolute Gasteiger partial charge is 0.381 e. The van der Waals surface area contributed by atoms with E-state index in [-0.39, 0.29) is 5.92 Å². The van der Waals surface area contributed by atoms with Crippen molar-refractivity contribution in [3.05, 3.63) is 23.7 Å². The molecule has 0 radical (unpaired) electrons. The van der Waals surface area contributed by atoms with Gasteiger partial charge in [0, 0.05) is 31.5 Å². The number of anilines is 1. The molecule has 0 atom stereocenters. The number of ether oxygens (including phenoxy) is 1. The van der Waals surface area contributed by atoms with E-state index in [9.17, 15) is 0 Å². The summed E-state index contributed by atoms with van der Waals surface area (Å²) >= 11 is 0. The number of rotatable bonds is 4. The Hall–Kier alpha value is -1.95. The standard InChI is InChI=1S/C16H22N4O2/c1-10(2)15-13(14-8-11(3)20-22-14)9-17-16(19-15)18-12-4-6-21-7-5-12/h8-10,12H,4-7H2,1-3H3,(H,17,18,19). The molecule has 0 bridgehead atoms. The van der Waals surface area contributed by atoms with E-state index in [0.29, 0.717) is 12.0 Å². The molecule has 1 saturated heterocycles. The molecule has 0 spiro atoms. The summed E-state index contributed by atoms with van der Waals surface area (Å²) in [5.41, 5.74) is 2.74. The molecule has 3 heterocycles. The molecule has 0 amide bonds. The van der Waals surface area contributed by atoms with Gasteiger partial charge in [-0.05, 0) is 25.7 Å². The highest BCUT2D eigenvalue weighted by molar-refractivity contribution is 5.61. The summed E-state index contributed by atoms with van der Waals surface area (Å²) in [6, 6.07) is 2.29. The summed E-state index contributed by atoms with van der Waals surface area (Å²) in [6.45, 7) is 7.73. The highest BCUT2D eigenvalue weighted by Crippen LogP contribution is 2.28. The lowest BCUT2D eigenvalue weighted by Crippen LogP contribution is -2.28. The summed E-state index contributed by atoms with van der Waals surface area (Å²) in [7, 11) is 0. The second-order valence-corrected chi connectivity index (χ2v) is 6.01. The molecular weight excluding hydrogens is 280 g/mol. The van der Waals surface area contributed by atoms with Crippen LogP contribution in [0.15, 0.2) is 16.8 Å². The van der Waals surface area contributed by atoms with Gasteiger partial charge in [0.25, 0.3) is 0 Å². The van der Waals surface area contributed by atoms with E-state index in [4.69, 9.17) is 14.2 Å². The minimum absolute atomic E-state index is 0.277. The quantitative estimate of drug-likeness (QED) is 0.935. The Kier molecular flexibility index (Phi) is 4.38. The van der Waals surface area contributed by atoms with Crippen LogP contribution >= 0.6 is 0 Å². The number of aryl methyl sites for hydroxylation is 1. The molecule has 2 aromatic rings. The molecule has 22 heavy (non-hydrogen) atoms. The van der Waals surface area contributed by atoms with E-state index < -0.39 is 0 Å². The Labute approximate surface area is 130 Å². The van der Waals surface area contributed by atoms with Crippen LogP contribution in [-0.2, 0) is 4.74 Å². The lowest BCUT2D eigenvalue weighted by atomic mass is 10.0. The van der Waals surface area contributed by atoms with Gasteiger partial charge in [0.2, 0.25) is 5.95 Å². The van der Waals surface area contributed by atoms with Gasteiger partial charge in [-0.3, -0.25) is 0 Å². The lowest BCUT2D eigenvalue weighted by Gasteiger charge is -2.23. The molecular formula is C16H22N4O2. The van der Waals surface area contributed by atoms with Crippen molar-refractivity contribution in [1.29, 1.82) is 0 Å². The van der Waals surface area contributed by atoms with Crippen molar-refractivity contribution in [3.8, 4) is 11.3 Å². The summed E-state index contributed by atoms with van der Waals surface area (Å²) < 4.78 is 10.7. The summed E-state index contributed by atoms with van der Waals surface area (Å²) in [4.78, 5) is 9.15. The van der Waals surface area contributed by atoms with Crippen LogP contribution in [0, 0.1) is 6.92 Å². The molecule has 3 rings (SSSR count). The van der Waals surface area contributed by atoms with Gasteiger partial charge in [-0.25, -0.2) is 9.97 Å². The molecule has 0 aliphatic carbocycles. The molecule has 1 fully saturated rings. The van der Waals surface area contributed by atoms with Crippen molar-refractivity contribution in [2.75, 3.05) is 18.5 Å². The van der Waals surface area contributed by atoms with E-state index in [1.54, 1.807) is 0 Å². The maximum absolute atomic E-state index is 5.38. The Morgan fingerprint density at radius 2 is 2.05 bits per heavy atom. The SMILES string of the molecule is Cc1cc(-c2cnc(NC3CCOCC3)nc2C(C)C)on1. The minimum atomic E-state index is 0.277. The van der Waals surface area contributed by atoms with Crippen molar-refractivity contribution in [2.24, 2.45) is 0 Å².